The zero-order valence-electron chi connectivity index (χ0n) is 11.9. The van der Waals surface area contributed by atoms with Crippen molar-refractivity contribution in [2.45, 2.75) is 5.92 Å². The van der Waals surface area contributed by atoms with Crippen molar-refractivity contribution in [2.75, 3.05) is 14.2 Å². The van der Waals surface area contributed by atoms with Crippen molar-refractivity contribution in [3.05, 3.63) is 59.7 Å². The Morgan fingerprint density at radius 1 is 1.10 bits per heavy atom. The summed E-state index contributed by atoms with van der Waals surface area (Å²) < 4.78 is 10.3. The van der Waals surface area contributed by atoms with Crippen LogP contribution in [-0.2, 0) is 0 Å². The lowest BCUT2D eigenvalue weighted by Crippen LogP contribution is -2.12. The van der Waals surface area contributed by atoms with E-state index in [2.05, 4.69) is 6.07 Å². The molecule has 0 spiro atoms. The molecule has 2 aromatic carbocycles. The molecule has 0 saturated heterocycles. The van der Waals surface area contributed by atoms with Gasteiger partial charge in [0.15, 0.2) is 5.78 Å². The van der Waals surface area contributed by atoms with E-state index in [9.17, 15) is 10.1 Å². The summed E-state index contributed by atoms with van der Waals surface area (Å²) in [6.45, 7) is 0. The molecule has 0 saturated carbocycles. The van der Waals surface area contributed by atoms with E-state index in [0.29, 0.717) is 22.6 Å². The predicted octanol–water partition coefficient (Wildman–Crippen LogP) is 3.19. The molecular weight excluding hydrogens is 266 g/mol. The highest BCUT2D eigenvalue weighted by molar-refractivity contribution is 6.03. The smallest absolute Gasteiger partial charge is 0.184 e. The van der Waals surface area contributed by atoms with Gasteiger partial charge in [-0.25, -0.2) is 0 Å². The van der Waals surface area contributed by atoms with Gasteiger partial charge >= 0.3 is 0 Å². The van der Waals surface area contributed by atoms with Crippen LogP contribution in [0.4, 0.5) is 0 Å². The molecule has 0 aromatic heterocycles. The molecule has 0 amide bonds. The molecule has 1 unspecified atom stereocenters. The number of rotatable bonds is 5. The number of Topliss-reactive ketones (excluding diaryl/α,β-unsaturated/α-hetero) is 1. The third kappa shape index (κ3) is 3.03. The van der Waals surface area contributed by atoms with E-state index < -0.39 is 5.92 Å². The number of benzene rings is 2. The number of nitriles is 1. The van der Waals surface area contributed by atoms with Crippen molar-refractivity contribution in [2.24, 2.45) is 0 Å². The van der Waals surface area contributed by atoms with Crippen LogP contribution in [0.3, 0.4) is 0 Å². The first kappa shape index (κ1) is 14.6. The first-order valence-corrected chi connectivity index (χ1v) is 6.42. The van der Waals surface area contributed by atoms with E-state index in [1.165, 1.54) is 14.2 Å². The van der Waals surface area contributed by atoms with Gasteiger partial charge in [-0.3, -0.25) is 4.79 Å². The van der Waals surface area contributed by atoms with Gasteiger partial charge in [-0.15, -0.1) is 0 Å². The van der Waals surface area contributed by atoms with E-state index in [1.54, 1.807) is 48.5 Å². The minimum Gasteiger partial charge on any atom is -0.497 e. The van der Waals surface area contributed by atoms with Gasteiger partial charge in [0.25, 0.3) is 0 Å². The van der Waals surface area contributed by atoms with Crippen LogP contribution in [0, 0.1) is 11.3 Å². The third-order valence-corrected chi connectivity index (χ3v) is 3.20. The highest BCUT2D eigenvalue weighted by Crippen LogP contribution is 2.29. The molecule has 0 radical (unpaired) electrons. The van der Waals surface area contributed by atoms with Gasteiger partial charge in [-0.2, -0.15) is 5.26 Å². The fraction of sp³-hybridized carbons (Fsp3) is 0.176. The number of para-hydroxylation sites is 1. The van der Waals surface area contributed by atoms with Crippen LogP contribution in [-0.4, -0.2) is 20.0 Å². The lowest BCUT2D eigenvalue weighted by Gasteiger charge is -2.13. The van der Waals surface area contributed by atoms with E-state index >= 15 is 0 Å². The highest BCUT2D eigenvalue weighted by atomic mass is 16.5. The Bertz CT molecular complexity index is 688. The quantitative estimate of drug-likeness (QED) is 0.790. The second-order valence-corrected chi connectivity index (χ2v) is 4.40. The van der Waals surface area contributed by atoms with Crippen molar-refractivity contribution in [1.29, 1.82) is 5.26 Å². The molecule has 4 nitrogen and oxygen atoms in total. The monoisotopic (exact) mass is 281 g/mol. The summed E-state index contributed by atoms with van der Waals surface area (Å²) in [4.78, 5) is 12.6. The summed E-state index contributed by atoms with van der Waals surface area (Å²) in [5.41, 5.74) is 1.00. The zero-order valence-corrected chi connectivity index (χ0v) is 11.9. The Morgan fingerprint density at radius 2 is 1.86 bits per heavy atom. The van der Waals surface area contributed by atoms with Crippen molar-refractivity contribution >= 4 is 5.78 Å². The van der Waals surface area contributed by atoms with E-state index in [1.807, 2.05) is 0 Å². The molecule has 0 N–H and O–H groups in total. The van der Waals surface area contributed by atoms with Crippen molar-refractivity contribution in [3.63, 3.8) is 0 Å². The molecule has 21 heavy (non-hydrogen) atoms. The van der Waals surface area contributed by atoms with Gasteiger partial charge in [0.1, 0.15) is 17.4 Å². The van der Waals surface area contributed by atoms with Crippen LogP contribution in [0.25, 0.3) is 0 Å². The lowest BCUT2D eigenvalue weighted by atomic mass is 9.91. The Morgan fingerprint density at radius 3 is 2.52 bits per heavy atom. The number of carbonyl (C=O) groups excluding carboxylic acids is 1. The second-order valence-electron chi connectivity index (χ2n) is 4.40. The zero-order chi connectivity index (χ0) is 15.2. The molecule has 2 aromatic rings. The standard InChI is InChI=1S/C17H15NO3/c1-20-13-7-5-6-12(10-13)17(19)15(11-18)14-8-3-4-9-16(14)21-2/h3-10,15H,1-2H3. The third-order valence-electron chi connectivity index (χ3n) is 3.20. The molecule has 0 aliphatic rings. The van der Waals surface area contributed by atoms with Crippen molar-refractivity contribution < 1.29 is 14.3 Å². The summed E-state index contributed by atoms with van der Waals surface area (Å²) in [5.74, 6) is -0.0768. The van der Waals surface area contributed by atoms with E-state index in [0.717, 1.165) is 0 Å². The normalized spacial score (nSPS) is 11.3. The van der Waals surface area contributed by atoms with Crippen LogP contribution in [0.2, 0.25) is 0 Å². The molecule has 106 valence electrons. The van der Waals surface area contributed by atoms with Gasteiger partial charge in [-0.1, -0.05) is 30.3 Å². The van der Waals surface area contributed by atoms with Gasteiger partial charge in [-0.05, 0) is 18.2 Å². The Kier molecular flexibility index (Phi) is 4.57. The van der Waals surface area contributed by atoms with Crippen LogP contribution < -0.4 is 9.47 Å². The van der Waals surface area contributed by atoms with E-state index in [-0.39, 0.29) is 5.78 Å². The lowest BCUT2D eigenvalue weighted by molar-refractivity contribution is 0.0977. The topological polar surface area (TPSA) is 59.3 Å². The predicted molar refractivity (Wildman–Crippen MR) is 78.7 cm³/mol. The molecule has 0 aliphatic heterocycles. The highest BCUT2D eigenvalue weighted by Gasteiger charge is 2.24. The first-order valence-electron chi connectivity index (χ1n) is 6.42. The number of hydrogen-bond donors (Lipinski definition) is 0. The summed E-state index contributed by atoms with van der Waals surface area (Å²) in [5, 5.41) is 9.40. The number of ketones is 1. The largest absolute Gasteiger partial charge is 0.497 e. The number of hydrogen-bond acceptors (Lipinski definition) is 4. The van der Waals surface area contributed by atoms with Crippen LogP contribution in [0.1, 0.15) is 21.8 Å². The molecule has 0 bridgehead atoms. The van der Waals surface area contributed by atoms with Crippen LogP contribution in [0.15, 0.2) is 48.5 Å². The summed E-state index contributed by atoms with van der Waals surface area (Å²) in [6, 6.07) is 15.9. The van der Waals surface area contributed by atoms with Gasteiger partial charge in [0.05, 0.1) is 20.3 Å². The molecular formula is C17H15NO3. The maximum absolute atomic E-state index is 12.6. The summed E-state index contributed by atoms with van der Waals surface area (Å²) in [7, 11) is 3.05. The fourth-order valence-electron chi connectivity index (χ4n) is 2.12. The van der Waals surface area contributed by atoms with Gasteiger partial charge in [0.2, 0.25) is 0 Å². The Hall–Kier alpha value is -2.80. The summed E-state index contributed by atoms with van der Waals surface area (Å²) >= 11 is 0. The molecule has 0 heterocycles. The second kappa shape index (κ2) is 6.58. The number of methoxy groups -OCH3 is 2. The summed E-state index contributed by atoms with van der Waals surface area (Å²) in [6.07, 6.45) is 0. The van der Waals surface area contributed by atoms with Crippen LogP contribution >= 0.6 is 0 Å². The van der Waals surface area contributed by atoms with Crippen molar-refractivity contribution in [1.82, 2.24) is 0 Å². The Labute approximate surface area is 123 Å². The number of carbonyl (C=O) groups is 1. The maximum Gasteiger partial charge on any atom is 0.184 e. The molecule has 2 rings (SSSR count). The number of nitrogens with zero attached hydrogens (tertiary/aromatic N) is 1. The van der Waals surface area contributed by atoms with Crippen molar-refractivity contribution in [3.8, 4) is 17.6 Å². The molecule has 0 fully saturated rings. The SMILES string of the molecule is COc1cccc(C(=O)C(C#N)c2ccccc2OC)c1. The Balaban J connectivity index is 2.41. The minimum atomic E-state index is -0.909. The van der Waals surface area contributed by atoms with Gasteiger partial charge in [0, 0.05) is 11.1 Å². The molecule has 0 aliphatic carbocycles. The average molecular weight is 281 g/mol. The first-order chi connectivity index (χ1) is 10.2. The minimum absolute atomic E-state index is 0.277. The number of ether oxygens (including phenoxy) is 2. The maximum atomic E-state index is 12.6. The fourth-order valence-corrected chi connectivity index (χ4v) is 2.12. The molecule has 1 atom stereocenters. The van der Waals surface area contributed by atoms with Gasteiger partial charge < -0.3 is 9.47 Å². The van der Waals surface area contributed by atoms with E-state index in [4.69, 9.17) is 9.47 Å². The molecule has 4 heteroatoms. The average Bonchev–Trinajstić information content (AvgIpc) is 2.56. The van der Waals surface area contributed by atoms with Crippen LogP contribution in [0.5, 0.6) is 11.5 Å².